The van der Waals surface area contributed by atoms with Crippen LogP contribution in [0.2, 0.25) is 0 Å². The number of nitrogens with zero attached hydrogens (tertiary/aromatic N) is 2. The molecule has 0 radical (unpaired) electrons. The van der Waals surface area contributed by atoms with Gasteiger partial charge in [-0.05, 0) is 111 Å². The Bertz CT molecular complexity index is 1210. The number of aryl methyl sites for hydroxylation is 1. The van der Waals surface area contributed by atoms with Crippen LogP contribution < -0.4 is 4.74 Å². The minimum absolute atomic E-state index is 0.0999. The third-order valence-corrected chi connectivity index (χ3v) is 8.90. The molecule has 1 atom stereocenters. The summed E-state index contributed by atoms with van der Waals surface area (Å²) in [4.78, 5) is 17.1. The van der Waals surface area contributed by atoms with Crippen LogP contribution in [0.4, 0.5) is 0 Å². The van der Waals surface area contributed by atoms with Crippen molar-refractivity contribution in [1.29, 1.82) is 0 Å². The molecule has 206 valence electrons. The monoisotopic (exact) mass is 524 g/mol. The fourth-order valence-electron chi connectivity index (χ4n) is 6.61. The third kappa shape index (κ3) is 6.73. The number of hydrogen-bond acceptors (Lipinski definition) is 3. The molecule has 0 spiro atoms. The minimum atomic E-state index is 0.0999. The van der Waals surface area contributed by atoms with E-state index in [0.29, 0.717) is 6.61 Å². The van der Waals surface area contributed by atoms with Crippen LogP contribution >= 0.6 is 0 Å². The Morgan fingerprint density at radius 1 is 0.897 bits per heavy atom. The smallest absolute Gasteiger partial charge is 0.253 e. The van der Waals surface area contributed by atoms with Crippen LogP contribution in [-0.4, -0.2) is 55.0 Å². The van der Waals surface area contributed by atoms with Gasteiger partial charge in [-0.3, -0.25) is 9.69 Å². The number of piperidine rings is 1. The highest BCUT2D eigenvalue weighted by atomic mass is 16.5. The molecular formula is C35H44N2O2. The SMILES string of the molecule is CCN(CC)C(=O)c1ccc(Cc2ccccc2OCCN2CCC(C3CCCc4ccccc43)CC2)cc1. The highest BCUT2D eigenvalue weighted by Crippen LogP contribution is 2.41. The second kappa shape index (κ2) is 13.3. The van der Waals surface area contributed by atoms with Crippen molar-refractivity contribution in [3.8, 4) is 5.75 Å². The molecule has 4 nitrogen and oxygen atoms in total. The Kier molecular flexibility index (Phi) is 9.36. The van der Waals surface area contributed by atoms with Crippen LogP contribution in [0.3, 0.4) is 0 Å². The van der Waals surface area contributed by atoms with E-state index in [1.165, 1.54) is 56.3 Å². The first-order valence-electron chi connectivity index (χ1n) is 15.0. The molecule has 4 heteroatoms. The number of likely N-dealkylation sites (tertiary alicyclic amines) is 1. The van der Waals surface area contributed by atoms with Gasteiger partial charge in [-0.2, -0.15) is 0 Å². The van der Waals surface area contributed by atoms with E-state index >= 15 is 0 Å². The Labute approximate surface area is 235 Å². The van der Waals surface area contributed by atoms with Crippen molar-refractivity contribution in [2.24, 2.45) is 5.92 Å². The number of carbonyl (C=O) groups is 1. The van der Waals surface area contributed by atoms with Gasteiger partial charge in [0.05, 0.1) is 0 Å². The summed E-state index contributed by atoms with van der Waals surface area (Å²) in [6, 6.07) is 25.6. The summed E-state index contributed by atoms with van der Waals surface area (Å²) >= 11 is 0. The van der Waals surface area contributed by atoms with Crippen molar-refractivity contribution in [3.05, 3.63) is 101 Å². The highest BCUT2D eigenvalue weighted by molar-refractivity contribution is 5.94. The second-order valence-electron chi connectivity index (χ2n) is 11.2. The standard InChI is InChI=1S/C35H44N2O2/c1-3-37(4-2)35(38)30-18-16-27(17-19-30)26-31-11-6-8-15-34(31)39-25-24-36-22-20-29(21-23-36)33-14-9-12-28-10-5-7-13-32(28)33/h5-8,10-11,13,15-19,29,33H,3-4,9,12,14,20-26H2,1-2H3. The molecule has 1 aliphatic heterocycles. The number of rotatable bonds is 10. The molecule has 1 unspecified atom stereocenters. The van der Waals surface area contributed by atoms with Gasteiger partial charge in [-0.15, -0.1) is 0 Å². The van der Waals surface area contributed by atoms with Gasteiger partial charge in [0.2, 0.25) is 0 Å². The van der Waals surface area contributed by atoms with Gasteiger partial charge >= 0.3 is 0 Å². The lowest BCUT2D eigenvalue weighted by Gasteiger charge is -2.38. The zero-order chi connectivity index (χ0) is 27.0. The molecule has 2 aliphatic rings. The summed E-state index contributed by atoms with van der Waals surface area (Å²) in [5.74, 6) is 2.64. The first kappa shape index (κ1) is 27.5. The maximum atomic E-state index is 12.6. The molecule has 0 bridgehead atoms. The first-order valence-corrected chi connectivity index (χ1v) is 15.0. The minimum Gasteiger partial charge on any atom is -0.492 e. The second-order valence-corrected chi connectivity index (χ2v) is 11.2. The normalized spacial score (nSPS) is 17.9. The van der Waals surface area contributed by atoms with Crippen molar-refractivity contribution in [1.82, 2.24) is 9.80 Å². The average Bonchev–Trinajstić information content (AvgIpc) is 2.99. The molecule has 1 amide bonds. The van der Waals surface area contributed by atoms with Crippen molar-refractivity contribution < 1.29 is 9.53 Å². The maximum Gasteiger partial charge on any atom is 0.253 e. The number of fused-ring (bicyclic) bond motifs is 1. The van der Waals surface area contributed by atoms with E-state index in [0.717, 1.165) is 49.2 Å². The summed E-state index contributed by atoms with van der Waals surface area (Å²) < 4.78 is 6.32. The topological polar surface area (TPSA) is 32.8 Å². The van der Waals surface area contributed by atoms with Gasteiger partial charge in [-0.1, -0.05) is 54.6 Å². The van der Waals surface area contributed by atoms with Crippen molar-refractivity contribution in [3.63, 3.8) is 0 Å². The predicted molar refractivity (Wildman–Crippen MR) is 160 cm³/mol. The molecule has 39 heavy (non-hydrogen) atoms. The molecule has 1 fully saturated rings. The number of para-hydroxylation sites is 1. The lowest BCUT2D eigenvalue weighted by atomic mass is 9.72. The number of carbonyl (C=O) groups excluding carboxylic acids is 1. The Hall–Kier alpha value is -3.11. The van der Waals surface area contributed by atoms with E-state index in [1.807, 2.05) is 30.9 Å². The fraction of sp³-hybridized carbons (Fsp3) is 0.457. The van der Waals surface area contributed by atoms with E-state index in [1.54, 1.807) is 11.1 Å². The molecule has 1 saturated heterocycles. The van der Waals surface area contributed by atoms with Crippen LogP contribution in [0, 0.1) is 5.92 Å². The highest BCUT2D eigenvalue weighted by Gasteiger charge is 2.30. The average molecular weight is 525 g/mol. The molecule has 3 aromatic carbocycles. The van der Waals surface area contributed by atoms with Crippen LogP contribution in [0.1, 0.15) is 78.1 Å². The molecule has 3 aromatic rings. The number of hydrogen-bond donors (Lipinski definition) is 0. The van der Waals surface area contributed by atoms with Gasteiger partial charge in [0, 0.05) is 31.6 Å². The summed E-state index contributed by atoms with van der Waals surface area (Å²) in [5.41, 5.74) is 6.35. The Morgan fingerprint density at radius 3 is 2.38 bits per heavy atom. The Morgan fingerprint density at radius 2 is 1.62 bits per heavy atom. The zero-order valence-corrected chi connectivity index (χ0v) is 23.8. The zero-order valence-electron chi connectivity index (χ0n) is 23.8. The molecule has 0 aromatic heterocycles. The lowest BCUT2D eigenvalue weighted by Crippen LogP contribution is -2.38. The Balaban J connectivity index is 1.11. The van der Waals surface area contributed by atoms with E-state index in [2.05, 4.69) is 65.6 Å². The molecule has 0 N–H and O–H groups in total. The lowest BCUT2D eigenvalue weighted by molar-refractivity contribution is 0.0773. The van der Waals surface area contributed by atoms with Crippen LogP contribution in [0.25, 0.3) is 0 Å². The van der Waals surface area contributed by atoms with Gasteiger partial charge in [-0.25, -0.2) is 0 Å². The van der Waals surface area contributed by atoms with E-state index < -0.39 is 0 Å². The summed E-state index contributed by atoms with van der Waals surface area (Å²) in [6.07, 6.45) is 7.34. The third-order valence-electron chi connectivity index (χ3n) is 8.90. The summed E-state index contributed by atoms with van der Waals surface area (Å²) in [5, 5.41) is 0. The van der Waals surface area contributed by atoms with E-state index in [9.17, 15) is 4.79 Å². The van der Waals surface area contributed by atoms with Crippen LogP contribution in [0.5, 0.6) is 5.75 Å². The van der Waals surface area contributed by atoms with Crippen molar-refractivity contribution in [2.45, 2.75) is 58.3 Å². The molecule has 1 heterocycles. The van der Waals surface area contributed by atoms with Gasteiger partial charge in [0.25, 0.3) is 5.91 Å². The number of amides is 1. The predicted octanol–water partition coefficient (Wildman–Crippen LogP) is 6.97. The maximum absolute atomic E-state index is 12.6. The van der Waals surface area contributed by atoms with Gasteiger partial charge in [0.15, 0.2) is 0 Å². The summed E-state index contributed by atoms with van der Waals surface area (Å²) in [7, 11) is 0. The van der Waals surface area contributed by atoms with Gasteiger partial charge in [0.1, 0.15) is 12.4 Å². The quantitative estimate of drug-likeness (QED) is 0.287. The first-order chi connectivity index (χ1) is 19.2. The fourth-order valence-corrected chi connectivity index (χ4v) is 6.61. The largest absolute Gasteiger partial charge is 0.492 e. The van der Waals surface area contributed by atoms with E-state index in [-0.39, 0.29) is 5.91 Å². The van der Waals surface area contributed by atoms with Crippen molar-refractivity contribution in [2.75, 3.05) is 39.3 Å². The van der Waals surface area contributed by atoms with Crippen molar-refractivity contribution >= 4 is 5.91 Å². The number of benzene rings is 3. The van der Waals surface area contributed by atoms with Gasteiger partial charge < -0.3 is 9.64 Å². The molecule has 1 aliphatic carbocycles. The number of ether oxygens (including phenoxy) is 1. The molecule has 0 saturated carbocycles. The molecule has 5 rings (SSSR count). The van der Waals surface area contributed by atoms with E-state index in [4.69, 9.17) is 4.74 Å². The van der Waals surface area contributed by atoms with Crippen LogP contribution in [0.15, 0.2) is 72.8 Å². The van der Waals surface area contributed by atoms with Crippen LogP contribution in [-0.2, 0) is 12.8 Å². The molecular weight excluding hydrogens is 480 g/mol. The summed E-state index contributed by atoms with van der Waals surface area (Å²) in [6.45, 7) is 9.54.